The van der Waals surface area contributed by atoms with Crippen molar-refractivity contribution in [2.75, 3.05) is 0 Å². The van der Waals surface area contributed by atoms with Crippen molar-refractivity contribution in [1.82, 2.24) is 15.0 Å². The summed E-state index contributed by atoms with van der Waals surface area (Å²) < 4.78 is 84.9. The maximum absolute atomic E-state index is 13.9. The standard InChI is InChI=1S/C14H6ClF6N3O2/c1-13(17,18)10-11(14(19,20)21)23-6(3-22-10)4-2-5(16)7(15)8-9(4)26-12(25)24-8/h2-3H,1H3,(H,24,25). The molecule has 0 saturated heterocycles. The summed E-state index contributed by atoms with van der Waals surface area (Å²) >= 11 is 5.67. The molecule has 0 saturated carbocycles. The Hall–Kier alpha value is -2.56. The molecule has 0 aliphatic carbocycles. The lowest BCUT2D eigenvalue weighted by Crippen LogP contribution is -2.21. The topological polar surface area (TPSA) is 71.8 Å². The Kier molecular flexibility index (Phi) is 4.02. The smallest absolute Gasteiger partial charge is 0.407 e. The van der Waals surface area contributed by atoms with Gasteiger partial charge in [0.25, 0.3) is 5.92 Å². The van der Waals surface area contributed by atoms with E-state index in [0.29, 0.717) is 12.3 Å². The van der Waals surface area contributed by atoms with Crippen LogP contribution < -0.4 is 5.76 Å². The van der Waals surface area contributed by atoms with Crippen LogP contribution in [0.5, 0.6) is 0 Å². The van der Waals surface area contributed by atoms with Gasteiger partial charge < -0.3 is 4.42 Å². The van der Waals surface area contributed by atoms with Gasteiger partial charge in [-0.3, -0.25) is 9.97 Å². The van der Waals surface area contributed by atoms with Gasteiger partial charge in [0.15, 0.2) is 11.3 Å². The molecule has 0 spiro atoms. The van der Waals surface area contributed by atoms with Crippen molar-refractivity contribution in [2.45, 2.75) is 19.0 Å². The van der Waals surface area contributed by atoms with Gasteiger partial charge in [-0.15, -0.1) is 0 Å². The molecule has 0 aliphatic rings. The predicted molar refractivity (Wildman–Crippen MR) is 77.4 cm³/mol. The lowest BCUT2D eigenvalue weighted by molar-refractivity contribution is -0.145. The summed E-state index contributed by atoms with van der Waals surface area (Å²) in [4.78, 5) is 19.7. The van der Waals surface area contributed by atoms with E-state index < -0.39 is 51.3 Å². The number of oxazole rings is 1. The highest BCUT2D eigenvalue weighted by molar-refractivity contribution is 6.35. The number of hydrogen-bond donors (Lipinski definition) is 1. The SMILES string of the molecule is CC(F)(F)c1ncc(-c2cc(F)c(Cl)c3[nH]c(=O)oc23)nc1C(F)(F)F. The fourth-order valence-corrected chi connectivity index (χ4v) is 2.46. The Labute approximate surface area is 144 Å². The van der Waals surface area contributed by atoms with Crippen LogP contribution in [0.3, 0.4) is 0 Å². The molecular formula is C14H6ClF6N3O2. The molecule has 3 aromatic rings. The minimum atomic E-state index is -5.25. The number of aromatic nitrogens is 3. The van der Waals surface area contributed by atoms with Gasteiger partial charge in [-0.2, -0.15) is 22.0 Å². The summed E-state index contributed by atoms with van der Waals surface area (Å²) in [5.41, 5.74) is -5.27. The summed E-state index contributed by atoms with van der Waals surface area (Å²) in [6.07, 6.45) is -4.65. The van der Waals surface area contributed by atoms with Crippen LogP contribution in [-0.4, -0.2) is 15.0 Å². The average Bonchev–Trinajstić information content (AvgIpc) is 2.90. The highest BCUT2D eigenvalue weighted by atomic mass is 35.5. The summed E-state index contributed by atoms with van der Waals surface area (Å²) in [6.45, 7) is 0.233. The number of aromatic amines is 1. The van der Waals surface area contributed by atoms with E-state index in [0.717, 1.165) is 0 Å². The van der Waals surface area contributed by atoms with Gasteiger partial charge in [0, 0.05) is 12.5 Å². The minimum absolute atomic E-state index is 0.233. The molecule has 0 bridgehead atoms. The Morgan fingerprint density at radius 2 is 1.85 bits per heavy atom. The summed E-state index contributed by atoms with van der Waals surface area (Å²) in [5, 5.41) is -0.532. The zero-order valence-electron chi connectivity index (χ0n) is 12.5. The Morgan fingerprint density at radius 1 is 1.19 bits per heavy atom. The fourth-order valence-electron chi connectivity index (χ4n) is 2.28. The van der Waals surface area contributed by atoms with Crippen molar-refractivity contribution in [2.24, 2.45) is 0 Å². The van der Waals surface area contributed by atoms with Crippen molar-refractivity contribution in [3.63, 3.8) is 0 Å². The first-order valence-electron chi connectivity index (χ1n) is 6.73. The Bertz CT molecular complexity index is 1070. The first kappa shape index (κ1) is 18.2. The van der Waals surface area contributed by atoms with E-state index in [-0.39, 0.29) is 18.0 Å². The number of benzene rings is 1. The molecule has 0 aliphatic heterocycles. The van der Waals surface area contributed by atoms with Gasteiger partial charge in [0.05, 0.1) is 11.9 Å². The molecule has 1 N–H and O–H groups in total. The van der Waals surface area contributed by atoms with Crippen LogP contribution in [0.2, 0.25) is 5.02 Å². The molecule has 2 aromatic heterocycles. The number of H-pyrrole nitrogens is 1. The average molecular weight is 398 g/mol. The summed E-state index contributed by atoms with van der Waals surface area (Å²) in [5.74, 6) is -6.06. The van der Waals surface area contributed by atoms with Crippen molar-refractivity contribution in [3.05, 3.63) is 45.0 Å². The Balaban J connectivity index is 2.34. The van der Waals surface area contributed by atoms with Gasteiger partial charge in [-0.05, 0) is 6.07 Å². The number of nitrogens with zero attached hydrogens (tertiary/aromatic N) is 2. The third-order valence-electron chi connectivity index (χ3n) is 3.33. The van der Waals surface area contributed by atoms with Crippen molar-refractivity contribution in [3.8, 4) is 11.3 Å². The lowest BCUT2D eigenvalue weighted by atomic mass is 10.1. The maximum Gasteiger partial charge on any atom is 0.435 e. The quantitative estimate of drug-likeness (QED) is 0.646. The first-order chi connectivity index (χ1) is 11.9. The summed E-state index contributed by atoms with van der Waals surface area (Å²) in [6, 6.07) is 0.662. The highest BCUT2D eigenvalue weighted by Crippen LogP contribution is 2.39. The van der Waals surface area contributed by atoms with Crippen molar-refractivity contribution in [1.29, 1.82) is 0 Å². The second-order valence-corrected chi connectivity index (χ2v) is 5.66. The number of alkyl halides is 5. The van der Waals surface area contributed by atoms with Crippen molar-refractivity contribution >= 4 is 22.7 Å². The van der Waals surface area contributed by atoms with Crippen LogP contribution >= 0.6 is 11.6 Å². The number of fused-ring (bicyclic) bond motifs is 1. The molecule has 12 heteroatoms. The van der Waals surface area contributed by atoms with E-state index in [2.05, 4.69) is 15.0 Å². The van der Waals surface area contributed by atoms with Gasteiger partial charge >= 0.3 is 11.9 Å². The first-order valence-corrected chi connectivity index (χ1v) is 7.11. The normalized spacial score (nSPS) is 12.8. The van der Waals surface area contributed by atoms with Crippen LogP contribution in [0.4, 0.5) is 26.3 Å². The van der Waals surface area contributed by atoms with E-state index in [1.807, 2.05) is 0 Å². The van der Waals surface area contributed by atoms with E-state index in [1.54, 1.807) is 0 Å². The van der Waals surface area contributed by atoms with Crippen LogP contribution in [0.25, 0.3) is 22.4 Å². The molecule has 2 heterocycles. The number of nitrogens with one attached hydrogen (secondary N) is 1. The minimum Gasteiger partial charge on any atom is -0.407 e. The predicted octanol–water partition coefficient (Wildman–Crippen LogP) is 4.50. The van der Waals surface area contributed by atoms with Crippen LogP contribution in [0.15, 0.2) is 21.5 Å². The third kappa shape index (κ3) is 3.02. The van der Waals surface area contributed by atoms with Gasteiger partial charge in [0.1, 0.15) is 22.1 Å². The molecule has 0 amide bonds. The number of rotatable bonds is 2. The third-order valence-corrected chi connectivity index (χ3v) is 3.70. The van der Waals surface area contributed by atoms with Gasteiger partial charge in [-0.1, -0.05) is 11.6 Å². The largest absolute Gasteiger partial charge is 0.435 e. The summed E-state index contributed by atoms with van der Waals surface area (Å²) in [7, 11) is 0. The highest BCUT2D eigenvalue weighted by Gasteiger charge is 2.43. The Morgan fingerprint density at radius 3 is 2.42 bits per heavy atom. The lowest BCUT2D eigenvalue weighted by Gasteiger charge is -2.16. The molecule has 0 radical (unpaired) electrons. The second-order valence-electron chi connectivity index (χ2n) is 5.28. The van der Waals surface area contributed by atoms with Crippen molar-refractivity contribution < 1.29 is 30.8 Å². The molecule has 138 valence electrons. The fraction of sp³-hybridized carbons (Fsp3) is 0.214. The van der Waals surface area contributed by atoms with Crippen LogP contribution in [-0.2, 0) is 12.1 Å². The van der Waals surface area contributed by atoms with Crippen LogP contribution in [0, 0.1) is 5.82 Å². The van der Waals surface area contributed by atoms with E-state index in [4.69, 9.17) is 16.0 Å². The molecule has 3 rings (SSSR count). The second kappa shape index (κ2) is 5.73. The number of hydrogen-bond acceptors (Lipinski definition) is 4. The molecule has 1 aromatic carbocycles. The molecular weight excluding hydrogens is 392 g/mol. The van der Waals surface area contributed by atoms with E-state index in [9.17, 15) is 31.1 Å². The zero-order valence-corrected chi connectivity index (χ0v) is 13.3. The molecule has 5 nitrogen and oxygen atoms in total. The van der Waals surface area contributed by atoms with E-state index >= 15 is 0 Å². The van der Waals surface area contributed by atoms with Gasteiger partial charge in [0.2, 0.25) is 0 Å². The molecule has 0 atom stereocenters. The van der Waals surface area contributed by atoms with Gasteiger partial charge in [-0.25, -0.2) is 14.2 Å². The maximum atomic E-state index is 13.9. The zero-order chi connectivity index (χ0) is 19.4. The molecule has 26 heavy (non-hydrogen) atoms. The van der Waals surface area contributed by atoms with E-state index in [1.165, 1.54) is 0 Å². The number of halogens is 7. The molecule has 0 unspecified atom stereocenters. The monoisotopic (exact) mass is 397 g/mol. The molecule has 0 fully saturated rings. The van der Waals surface area contributed by atoms with Crippen LogP contribution in [0.1, 0.15) is 18.3 Å².